The molecule has 0 aliphatic carbocycles. The first kappa shape index (κ1) is 17.8. The van der Waals surface area contributed by atoms with Crippen molar-refractivity contribution in [2.45, 2.75) is 26.4 Å². The van der Waals surface area contributed by atoms with Gasteiger partial charge >= 0.3 is 0 Å². The van der Waals surface area contributed by atoms with Crippen molar-refractivity contribution in [1.29, 1.82) is 0 Å². The van der Waals surface area contributed by atoms with Crippen molar-refractivity contribution in [3.8, 4) is 17.1 Å². The Kier molecular flexibility index (Phi) is 5.43. The summed E-state index contributed by atoms with van der Waals surface area (Å²) in [5, 5.41) is 9.90. The third-order valence-corrected chi connectivity index (χ3v) is 3.68. The Hall–Kier alpha value is -3.00. The molecule has 8 nitrogen and oxygen atoms in total. The highest BCUT2D eigenvalue weighted by atomic mass is 16.5. The number of para-hydroxylation sites is 1. The maximum absolute atomic E-state index is 12.9. The fourth-order valence-corrected chi connectivity index (χ4v) is 2.47. The largest absolute Gasteiger partial charge is 0.493 e. The van der Waals surface area contributed by atoms with Crippen LogP contribution in [0, 0.1) is 0 Å². The summed E-state index contributed by atoms with van der Waals surface area (Å²) in [5.41, 5.74) is 3.57. The average molecular weight is 355 g/mol. The molecule has 0 bridgehead atoms. The fraction of sp³-hybridized carbons (Fsp3) is 0.333. The lowest BCUT2D eigenvalue weighted by Crippen LogP contribution is -2.35. The van der Waals surface area contributed by atoms with Gasteiger partial charge in [0.15, 0.2) is 11.5 Å². The molecule has 0 aliphatic heterocycles. The van der Waals surface area contributed by atoms with Crippen molar-refractivity contribution in [3.05, 3.63) is 47.1 Å². The number of aromatic nitrogens is 4. The standard InChI is InChI=1S/C18H21N5O3/c1-3-8-26-15-7-5-4-6-13(15)17-22-16-14(10-19-11-20-16)18(25)23(17)21-9-12(2)24/h4-7,10-12,21,24H,3,8-9H2,1-2H3. The zero-order valence-corrected chi connectivity index (χ0v) is 14.7. The number of ether oxygens (including phenoxy) is 1. The van der Waals surface area contributed by atoms with Crippen LogP contribution in [-0.4, -0.2) is 44.0 Å². The predicted octanol–water partition coefficient (Wildman–Crippen LogP) is 1.57. The summed E-state index contributed by atoms with van der Waals surface area (Å²) in [5.74, 6) is 0.996. The Balaban J connectivity index is 2.21. The highest BCUT2D eigenvalue weighted by molar-refractivity contribution is 5.76. The molecule has 0 spiro atoms. The Morgan fingerprint density at radius 3 is 2.92 bits per heavy atom. The third-order valence-electron chi connectivity index (χ3n) is 3.68. The van der Waals surface area contributed by atoms with E-state index in [1.165, 1.54) is 17.2 Å². The number of aliphatic hydroxyl groups is 1. The van der Waals surface area contributed by atoms with Gasteiger partial charge in [0.2, 0.25) is 0 Å². The Labute approximate surface area is 150 Å². The molecule has 1 atom stereocenters. The normalized spacial score (nSPS) is 12.1. The second kappa shape index (κ2) is 7.92. The third kappa shape index (κ3) is 3.65. The van der Waals surface area contributed by atoms with Gasteiger partial charge in [0.25, 0.3) is 5.56 Å². The maximum Gasteiger partial charge on any atom is 0.283 e. The molecule has 3 rings (SSSR count). The van der Waals surface area contributed by atoms with E-state index in [1.807, 2.05) is 31.2 Å². The van der Waals surface area contributed by atoms with E-state index in [1.54, 1.807) is 6.92 Å². The Bertz CT molecular complexity index is 955. The lowest BCUT2D eigenvalue weighted by atomic mass is 10.2. The number of rotatable bonds is 7. The van der Waals surface area contributed by atoms with Crippen molar-refractivity contribution in [3.63, 3.8) is 0 Å². The van der Waals surface area contributed by atoms with Crippen molar-refractivity contribution < 1.29 is 9.84 Å². The van der Waals surface area contributed by atoms with Gasteiger partial charge in [-0.2, -0.15) is 0 Å². The molecule has 2 aromatic heterocycles. The minimum Gasteiger partial charge on any atom is -0.493 e. The molecule has 1 unspecified atom stereocenters. The first-order valence-electron chi connectivity index (χ1n) is 8.48. The van der Waals surface area contributed by atoms with Gasteiger partial charge in [-0.1, -0.05) is 19.1 Å². The van der Waals surface area contributed by atoms with E-state index >= 15 is 0 Å². The van der Waals surface area contributed by atoms with Crippen LogP contribution in [0.5, 0.6) is 5.75 Å². The SMILES string of the molecule is CCCOc1ccccc1-c1nc2ncncc2c(=O)n1NCC(C)O. The number of benzene rings is 1. The smallest absolute Gasteiger partial charge is 0.283 e. The lowest BCUT2D eigenvalue weighted by Gasteiger charge is -2.18. The van der Waals surface area contributed by atoms with Crippen LogP contribution in [0.4, 0.5) is 0 Å². The molecule has 26 heavy (non-hydrogen) atoms. The van der Waals surface area contributed by atoms with Crippen molar-refractivity contribution in [2.75, 3.05) is 18.6 Å². The van der Waals surface area contributed by atoms with Crippen LogP contribution >= 0.6 is 0 Å². The molecule has 0 fully saturated rings. The van der Waals surface area contributed by atoms with Crippen LogP contribution in [0.3, 0.4) is 0 Å². The van der Waals surface area contributed by atoms with Gasteiger partial charge in [0.05, 0.1) is 24.8 Å². The van der Waals surface area contributed by atoms with E-state index in [9.17, 15) is 9.90 Å². The molecular weight excluding hydrogens is 334 g/mol. The number of nitrogens with zero attached hydrogens (tertiary/aromatic N) is 4. The minimum atomic E-state index is -0.635. The highest BCUT2D eigenvalue weighted by Gasteiger charge is 2.17. The topological polar surface area (TPSA) is 102 Å². The first-order chi connectivity index (χ1) is 12.6. The number of aliphatic hydroxyl groups excluding tert-OH is 1. The molecule has 0 amide bonds. The second-order valence-electron chi connectivity index (χ2n) is 5.89. The number of hydrogen-bond donors (Lipinski definition) is 2. The molecule has 2 heterocycles. The molecule has 0 saturated carbocycles. The van der Waals surface area contributed by atoms with Crippen LogP contribution in [0.15, 0.2) is 41.6 Å². The van der Waals surface area contributed by atoms with Gasteiger partial charge in [-0.05, 0) is 25.5 Å². The van der Waals surface area contributed by atoms with E-state index in [-0.39, 0.29) is 12.1 Å². The summed E-state index contributed by atoms with van der Waals surface area (Å²) in [4.78, 5) is 25.5. The molecule has 136 valence electrons. The monoisotopic (exact) mass is 355 g/mol. The fourth-order valence-electron chi connectivity index (χ4n) is 2.47. The molecule has 0 radical (unpaired) electrons. The van der Waals surface area contributed by atoms with E-state index in [4.69, 9.17) is 4.74 Å². The van der Waals surface area contributed by atoms with E-state index < -0.39 is 6.10 Å². The van der Waals surface area contributed by atoms with Crippen LogP contribution in [0.2, 0.25) is 0 Å². The lowest BCUT2D eigenvalue weighted by molar-refractivity contribution is 0.204. The maximum atomic E-state index is 12.9. The summed E-state index contributed by atoms with van der Waals surface area (Å²) >= 11 is 0. The second-order valence-corrected chi connectivity index (χ2v) is 5.89. The predicted molar refractivity (Wildman–Crippen MR) is 98.7 cm³/mol. The Morgan fingerprint density at radius 2 is 2.15 bits per heavy atom. The summed E-state index contributed by atoms with van der Waals surface area (Å²) in [7, 11) is 0. The molecule has 3 aromatic rings. The Morgan fingerprint density at radius 1 is 1.35 bits per heavy atom. The molecular formula is C18H21N5O3. The minimum absolute atomic E-state index is 0.186. The zero-order chi connectivity index (χ0) is 18.5. The van der Waals surface area contributed by atoms with Crippen molar-refractivity contribution in [1.82, 2.24) is 19.6 Å². The summed E-state index contributed by atoms with van der Waals surface area (Å²) in [6.07, 6.45) is 3.01. The number of nitrogens with one attached hydrogen (secondary N) is 1. The summed E-state index contributed by atoms with van der Waals surface area (Å²) in [6, 6.07) is 7.38. The number of hydrogen-bond acceptors (Lipinski definition) is 7. The van der Waals surface area contributed by atoms with Gasteiger partial charge in [-0.25, -0.2) is 19.6 Å². The zero-order valence-electron chi connectivity index (χ0n) is 14.7. The molecule has 0 saturated heterocycles. The van der Waals surface area contributed by atoms with Gasteiger partial charge < -0.3 is 15.3 Å². The van der Waals surface area contributed by atoms with Crippen molar-refractivity contribution >= 4 is 11.0 Å². The average Bonchev–Trinajstić information content (AvgIpc) is 2.65. The first-order valence-corrected chi connectivity index (χ1v) is 8.48. The van der Waals surface area contributed by atoms with E-state index in [2.05, 4.69) is 20.4 Å². The van der Waals surface area contributed by atoms with Crippen molar-refractivity contribution in [2.24, 2.45) is 0 Å². The quantitative estimate of drug-likeness (QED) is 0.663. The molecule has 1 aromatic carbocycles. The summed E-state index contributed by atoms with van der Waals surface area (Å²) < 4.78 is 7.12. The van der Waals surface area contributed by atoms with E-state index in [0.717, 1.165) is 6.42 Å². The molecule has 2 N–H and O–H groups in total. The van der Waals surface area contributed by atoms with Crippen LogP contribution < -0.4 is 15.7 Å². The van der Waals surface area contributed by atoms with Crippen LogP contribution in [0.25, 0.3) is 22.4 Å². The van der Waals surface area contributed by atoms with Crippen LogP contribution in [-0.2, 0) is 0 Å². The van der Waals surface area contributed by atoms with E-state index in [0.29, 0.717) is 34.8 Å². The molecule has 0 aliphatic rings. The number of fused-ring (bicyclic) bond motifs is 1. The van der Waals surface area contributed by atoms with Gasteiger partial charge in [0, 0.05) is 6.20 Å². The summed E-state index contributed by atoms with van der Waals surface area (Å²) in [6.45, 7) is 4.39. The van der Waals surface area contributed by atoms with Gasteiger partial charge in [0.1, 0.15) is 17.5 Å². The molecule has 8 heteroatoms. The van der Waals surface area contributed by atoms with Gasteiger partial charge in [-0.3, -0.25) is 4.79 Å². The highest BCUT2D eigenvalue weighted by Crippen LogP contribution is 2.28. The van der Waals surface area contributed by atoms with Gasteiger partial charge in [-0.15, -0.1) is 0 Å². The van der Waals surface area contributed by atoms with Crippen LogP contribution in [0.1, 0.15) is 20.3 Å².